The molecule has 0 fully saturated rings. The van der Waals surface area contributed by atoms with Crippen LogP contribution in [0.5, 0.6) is 0 Å². The van der Waals surface area contributed by atoms with Crippen molar-refractivity contribution >= 4 is 0 Å². The third kappa shape index (κ3) is 37.1. The van der Waals surface area contributed by atoms with Crippen LogP contribution in [0, 0.1) is 0 Å². The van der Waals surface area contributed by atoms with Crippen molar-refractivity contribution < 1.29 is 42.9 Å². The summed E-state index contributed by atoms with van der Waals surface area (Å²) < 4.78 is 2.41. The number of likely N-dealkylation sites (N-methyl/N-ethyl adjacent to an activating group) is 2. The number of rotatable bonds is 33. The Balaban J connectivity index is -0.00000760. The fourth-order valence-electron chi connectivity index (χ4n) is 6.23. The van der Waals surface area contributed by atoms with Gasteiger partial charge in [-0.05, 0) is 25.7 Å². The van der Waals surface area contributed by atoms with Crippen LogP contribution in [0.3, 0.4) is 0 Å². The van der Waals surface area contributed by atoms with Crippen LogP contribution in [0.25, 0.3) is 0 Å². The first-order valence-electron chi connectivity index (χ1n) is 19.0. The highest BCUT2D eigenvalue weighted by molar-refractivity contribution is 4.51. The maximum absolute atomic E-state index is 2.47. The highest BCUT2D eigenvalue weighted by atomic mass is 79.9. The number of hydrogen-bond donors (Lipinski definition) is 0. The van der Waals surface area contributed by atoms with Gasteiger partial charge in [0.2, 0.25) is 0 Å². The van der Waals surface area contributed by atoms with Gasteiger partial charge in [-0.3, -0.25) is 0 Å². The van der Waals surface area contributed by atoms with E-state index in [1.807, 2.05) is 0 Å². The summed E-state index contributed by atoms with van der Waals surface area (Å²) in [7, 11) is 9.87. The van der Waals surface area contributed by atoms with Crippen LogP contribution < -0.4 is 34.0 Å². The molecule has 0 aliphatic carbocycles. The Hall–Kier alpha value is 0.880. The van der Waals surface area contributed by atoms with Gasteiger partial charge in [0.25, 0.3) is 0 Å². The van der Waals surface area contributed by atoms with Gasteiger partial charge < -0.3 is 42.9 Å². The van der Waals surface area contributed by atoms with Crippen LogP contribution >= 0.6 is 0 Å². The number of quaternary nitrogens is 2. The van der Waals surface area contributed by atoms with Crippen LogP contribution in [-0.4, -0.2) is 63.3 Å². The Labute approximate surface area is 289 Å². The van der Waals surface area contributed by atoms with Gasteiger partial charge >= 0.3 is 0 Å². The predicted molar refractivity (Wildman–Crippen MR) is 184 cm³/mol. The Morgan fingerprint density at radius 1 is 0.238 bits per heavy atom. The molecule has 0 aromatic heterocycles. The summed E-state index contributed by atoms with van der Waals surface area (Å²) in [6.07, 6.45) is 40.7. The maximum Gasteiger partial charge on any atom is 0.128 e. The molecule has 0 rings (SSSR count). The van der Waals surface area contributed by atoms with Gasteiger partial charge in [-0.1, -0.05) is 168 Å². The van der Waals surface area contributed by atoms with Crippen molar-refractivity contribution in [1.29, 1.82) is 0 Å². The van der Waals surface area contributed by atoms with Gasteiger partial charge in [0.1, 0.15) is 13.1 Å². The van der Waals surface area contributed by atoms with Gasteiger partial charge in [-0.2, -0.15) is 0 Å². The average Bonchev–Trinajstić information content (AvgIpc) is 2.92. The Kier molecular flexibility index (Phi) is 39.1. The van der Waals surface area contributed by atoms with Crippen LogP contribution in [0.2, 0.25) is 0 Å². The largest absolute Gasteiger partial charge is 1.00 e. The van der Waals surface area contributed by atoms with Gasteiger partial charge in [-0.15, -0.1) is 0 Å². The lowest BCUT2D eigenvalue weighted by atomic mass is 10.0. The average molecular weight is 727 g/mol. The standard InChI is InChI=1S/C38H82N2.2BrH/c1-7-9-11-13-15-17-19-21-23-25-27-29-31-33-35-39(3,4)37-38-40(5,6)36-34-32-30-28-26-24-22-20-18-16-14-12-10-8-2;;/h7-38H2,1-6H3;2*1H/q+2;;/p-2. The van der Waals surface area contributed by atoms with Crippen molar-refractivity contribution in [3.63, 3.8) is 0 Å². The minimum Gasteiger partial charge on any atom is -1.00 e. The highest BCUT2D eigenvalue weighted by Gasteiger charge is 2.22. The first kappa shape index (κ1) is 47.3. The molecule has 0 aromatic carbocycles. The van der Waals surface area contributed by atoms with Crippen LogP contribution in [0.1, 0.15) is 194 Å². The van der Waals surface area contributed by atoms with Crippen molar-refractivity contribution in [3.8, 4) is 0 Å². The number of hydrogen-bond acceptors (Lipinski definition) is 0. The van der Waals surface area contributed by atoms with Crippen LogP contribution in [0.4, 0.5) is 0 Å². The lowest BCUT2D eigenvalue weighted by Crippen LogP contribution is -3.00. The molecule has 0 spiro atoms. The molecule has 0 unspecified atom stereocenters. The van der Waals surface area contributed by atoms with Crippen molar-refractivity contribution in [1.82, 2.24) is 0 Å². The van der Waals surface area contributed by atoms with E-state index in [0.717, 1.165) is 0 Å². The summed E-state index contributed by atoms with van der Waals surface area (Å²) in [6.45, 7) is 9.98. The van der Waals surface area contributed by atoms with E-state index in [1.54, 1.807) is 0 Å². The fourth-order valence-corrected chi connectivity index (χ4v) is 6.23. The zero-order valence-electron chi connectivity index (χ0n) is 30.3. The SMILES string of the molecule is CCCCCCCCCCCCCCCC[N+](C)(C)CC[N+](C)(C)CCCCCCCCCCCCCCCC.[Br-].[Br-]. The molecule has 0 saturated carbocycles. The lowest BCUT2D eigenvalue weighted by molar-refractivity contribution is -0.946. The third-order valence-corrected chi connectivity index (χ3v) is 9.54. The second-order valence-corrected chi connectivity index (χ2v) is 15.0. The molecule has 0 amide bonds. The summed E-state index contributed by atoms with van der Waals surface area (Å²) in [5.41, 5.74) is 0. The first-order valence-corrected chi connectivity index (χ1v) is 19.0. The van der Waals surface area contributed by atoms with Gasteiger partial charge in [0.15, 0.2) is 0 Å². The summed E-state index contributed by atoms with van der Waals surface area (Å²) in [5.74, 6) is 0. The van der Waals surface area contributed by atoms with Gasteiger partial charge in [0, 0.05) is 0 Å². The molecule has 258 valence electrons. The first-order chi connectivity index (χ1) is 19.3. The number of nitrogens with zero attached hydrogens (tertiary/aromatic N) is 2. The number of unbranched alkanes of at least 4 members (excludes halogenated alkanes) is 26. The summed E-state index contributed by atoms with van der Waals surface area (Å²) >= 11 is 0. The molecule has 0 bridgehead atoms. The van der Waals surface area contributed by atoms with Gasteiger partial charge in [-0.25, -0.2) is 0 Å². The van der Waals surface area contributed by atoms with E-state index in [1.165, 1.54) is 215 Å². The smallest absolute Gasteiger partial charge is 0.128 e. The molecular formula is C38H82Br2N2. The minimum atomic E-state index is 0. The minimum absolute atomic E-state index is 0. The van der Waals surface area contributed by atoms with Gasteiger partial charge in [0.05, 0.1) is 41.3 Å². The molecule has 0 atom stereocenters. The Bertz CT molecular complexity index is 451. The van der Waals surface area contributed by atoms with Crippen molar-refractivity contribution in [2.24, 2.45) is 0 Å². The molecule has 0 heterocycles. The Morgan fingerprint density at radius 2 is 0.405 bits per heavy atom. The van der Waals surface area contributed by atoms with Crippen molar-refractivity contribution in [3.05, 3.63) is 0 Å². The second-order valence-electron chi connectivity index (χ2n) is 15.0. The van der Waals surface area contributed by atoms with E-state index in [4.69, 9.17) is 0 Å². The number of halogens is 2. The van der Waals surface area contributed by atoms with Crippen LogP contribution in [-0.2, 0) is 0 Å². The Morgan fingerprint density at radius 3 is 0.595 bits per heavy atom. The van der Waals surface area contributed by atoms with E-state index in [9.17, 15) is 0 Å². The zero-order chi connectivity index (χ0) is 29.6. The molecular weight excluding hydrogens is 644 g/mol. The van der Waals surface area contributed by atoms with E-state index in [0.29, 0.717) is 0 Å². The molecule has 0 aliphatic heterocycles. The molecule has 0 radical (unpaired) electrons. The topological polar surface area (TPSA) is 0 Å². The van der Waals surface area contributed by atoms with Crippen molar-refractivity contribution in [2.45, 2.75) is 194 Å². The fraction of sp³-hybridized carbons (Fsp3) is 1.00. The summed E-state index contributed by atoms with van der Waals surface area (Å²) in [5, 5.41) is 0. The quantitative estimate of drug-likeness (QED) is 0.0566. The summed E-state index contributed by atoms with van der Waals surface area (Å²) in [4.78, 5) is 0. The predicted octanol–water partition coefficient (Wildman–Crippen LogP) is 6.11. The zero-order valence-corrected chi connectivity index (χ0v) is 33.4. The molecule has 2 nitrogen and oxygen atoms in total. The van der Waals surface area contributed by atoms with Crippen LogP contribution in [0.15, 0.2) is 0 Å². The second kappa shape index (κ2) is 34.7. The third-order valence-electron chi connectivity index (χ3n) is 9.54. The lowest BCUT2D eigenvalue weighted by Gasteiger charge is -2.36. The molecule has 0 aromatic rings. The van der Waals surface area contributed by atoms with E-state index in [2.05, 4.69) is 42.0 Å². The van der Waals surface area contributed by atoms with E-state index >= 15 is 0 Å². The molecule has 4 heteroatoms. The highest BCUT2D eigenvalue weighted by Crippen LogP contribution is 2.15. The summed E-state index contributed by atoms with van der Waals surface area (Å²) in [6, 6.07) is 0. The monoisotopic (exact) mass is 724 g/mol. The van der Waals surface area contributed by atoms with E-state index in [-0.39, 0.29) is 34.0 Å². The molecule has 42 heavy (non-hydrogen) atoms. The van der Waals surface area contributed by atoms with Crippen molar-refractivity contribution in [2.75, 3.05) is 54.4 Å². The molecule has 0 saturated heterocycles. The molecule has 0 N–H and O–H groups in total. The molecule has 0 aliphatic rings. The van der Waals surface area contributed by atoms with E-state index < -0.39 is 0 Å². The normalized spacial score (nSPS) is 11.9. The maximum atomic E-state index is 2.47.